The summed E-state index contributed by atoms with van der Waals surface area (Å²) in [5, 5.41) is 3.38. The largest absolute Gasteiger partial charge is 0.385 e. The zero-order valence-electron chi connectivity index (χ0n) is 8.42. The van der Waals surface area contributed by atoms with Crippen molar-refractivity contribution < 1.29 is 0 Å². The second-order valence-electron chi connectivity index (χ2n) is 3.11. The lowest BCUT2D eigenvalue weighted by molar-refractivity contribution is 0.993. The van der Waals surface area contributed by atoms with E-state index in [0.29, 0.717) is 5.88 Å². The molecule has 0 fully saturated rings. The Morgan fingerprint density at radius 3 is 3.00 bits per heavy atom. The monoisotopic (exact) mass is 229 g/mol. The first kappa shape index (κ1) is 11.7. The zero-order valence-corrected chi connectivity index (χ0v) is 10.00. The Balaban J connectivity index is 2.34. The summed E-state index contributed by atoms with van der Waals surface area (Å²) in [6.45, 7) is 1.03. The summed E-state index contributed by atoms with van der Waals surface area (Å²) in [6.07, 6.45) is 3.33. The molecule has 1 nitrogen and oxygen atoms in total. The molecule has 0 unspecified atom stereocenters. The first-order valence-electron chi connectivity index (χ1n) is 4.74. The molecule has 1 rings (SSSR count). The summed E-state index contributed by atoms with van der Waals surface area (Å²) < 4.78 is 0. The van der Waals surface area contributed by atoms with Gasteiger partial charge in [0.05, 0.1) is 0 Å². The van der Waals surface area contributed by atoms with Crippen molar-refractivity contribution in [2.45, 2.75) is 12.3 Å². The van der Waals surface area contributed by atoms with Crippen molar-refractivity contribution in [1.82, 2.24) is 0 Å². The molecule has 0 aliphatic carbocycles. The van der Waals surface area contributed by atoms with Crippen LogP contribution in [0.4, 0.5) is 5.69 Å². The normalized spacial score (nSPS) is 10.1. The molecule has 0 amide bonds. The van der Waals surface area contributed by atoms with Crippen molar-refractivity contribution in [3.8, 4) is 0 Å². The van der Waals surface area contributed by atoms with Gasteiger partial charge < -0.3 is 5.32 Å². The van der Waals surface area contributed by atoms with E-state index in [4.69, 9.17) is 11.6 Å². The lowest BCUT2D eigenvalue weighted by Gasteiger charge is -2.06. The van der Waals surface area contributed by atoms with Crippen LogP contribution < -0.4 is 5.32 Å². The minimum Gasteiger partial charge on any atom is -0.385 e. The predicted molar refractivity (Wildman–Crippen MR) is 67.5 cm³/mol. The van der Waals surface area contributed by atoms with E-state index in [2.05, 4.69) is 23.7 Å². The number of benzene rings is 1. The average molecular weight is 230 g/mol. The molecular weight excluding hydrogens is 214 g/mol. The van der Waals surface area contributed by atoms with Gasteiger partial charge >= 0.3 is 0 Å². The van der Waals surface area contributed by atoms with E-state index in [0.717, 1.165) is 6.54 Å². The molecule has 0 aliphatic heterocycles. The smallest absolute Gasteiger partial charge is 0.0474 e. The van der Waals surface area contributed by atoms with Gasteiger partial charge in [-0.3, -0.25) is 0 Å². The fraction of sp³-hybridized carbons (Fsp3) is 0.455. The van der Waals surface area contributed by atoms with E-state index in [1.54, 1.807) is 0 Å². The van der Waals surface area contributed by atoms with Crippen LogP contribution in [-0.4, -0.2) is 18.6 Å². The third kappa shape index (κ3) is 4.25. The summed E-state index contributed by atoms with van der Waals surface area (Å²) in [4.78, 5) is 0. The number of anilines is 1. The first-order valence-corrected chi connectivity index (χ1v) is 6.67. The topological polar surface area (TPSA) is 12.0 Å². The van der Waals surface area contributed by atoms with Gasteiger partial charge in [-0.25, -0.2) is 0 Å². The lowest BCUT2D eigenvalue weighted by atomic mass is 10.2. The van der Waals surface area contributed by atoms with Crippen LogP contribution in [0.5, 0.6) is 0 Å². The van der Waals surface area contributed by atoms with Gasteiger partial charge in [0, 0.05) is 18.1 Å². The van der Waals surface area contributed by atoms with E-state index in [9.17, 15) is 0 Å². The van der Waals surface area contributed by atoms with Crippen LogP contribution in [0, 0.1) is 0 Å². The molecule has 1 aromatic carbocycles. The standard InChI is InChI=1S/C11H16ClNS/c1-14-7-3-6-13-11-5-2-4-10(8-11)9-12/h2,4-5,8,13H,3,6-7,9H2,1H3. The third-order valence-electron chi connectivity index (χ3n) is 1.94. The molecule has 78 valence electrons. The number of hydrogen-bond acceptors (Lipinski definition) is 2. The van der Waals surface area contributed by atoms with Gasteiger partial charge in [-0.15, -0.1) is 11.6 Å². The molecule has 0 atom stereocenters. The van der Waals surface area contributed by atoms with Crippen LogP contribution in [0.1, 0.15) is 12.0 Å². The fourth-order valence-corrected chi connectivity index (χ4v) is 1.81. The van der Waals surface area contributed by atoms with Gasteiger partial charge in [-0.2, -0.15) is 11.8 Å². The second-order valence-corrected chi connectivity index (χ2v) is 4.36. The average Bonchev–Trinajstić information content (AvgIpc) is 2.25. The van der Waals surface area contributed by atoms with Crippen molar-refractivity contribution in [3.05, 3.63) is 29.8 Å². The second kappa shape index (κ2) is 7.02. The van der Waals surface area contributed by atoms with Gasteiger partial charge in [0.15, 0.2) is 0 Å². The summed E-state index contributed by atoms with van der Waals surface area (Å²) >= 11 is 7.63. The highest BCUT2D eigenvalue weighted by Crippen LogP contribution is 2.12. The highest BCUT2D eigenvalue weighted by molar-refractivity contribution is 7.98. The molecular formula is C11H16ClNS. The Labute approximate surface area is 95.2 Å². The maximum atomic E-state index is 5.75. The zero-order chi connectivity index (χ0) is 10.2. The van der Waals surface area contributed by atoms with E-state index < -0.39 is 0 Å². The van der Waals surface area contributed by atoms with Gasteiger partial charge in [0.1, 0.15) is 0 Å². The van der Waals surface area contributed by atoms with Crippen LogP contribution in [0.15, 0.2) is 24.3 Å². The highest BCUT2D eigenvalue weighted by Gasteiger charge is 1.93. The molecule has 0 heterocycles. The maximum absolute atomic E-state index is 5.75. The maximum Gasteiger partial charge on any atom is 0.0474 e. The Bertz CT molecular complexity index is 265. The molecule has 1 aromatic rings. The quantitative estimate of drug-likeness (QED) is 0.591. The van der Waals surface area contributed by atoms with Crippen molar-refractivity contribution in [1.29, 1.82) is 0 Å². The highest BCUT2D eigenvalue weighted by atomic mass is 35.5. The van der Waals surface area contributed by atoms with Gasteiger partial charge in [0.2, 0.25) is 0 Å². The number of rotatable bonds is 6. The minimum atomic E-state index is 0.584. The SMILES string of the molecule is CSCCCNc1cccc(CCl)c1. The molecule has 14 heavy (non-hydrogen) atoms. The predicted octanol–water partition coefficient (Wildman–Crippen LogP) is 3.59. The number of thioether (sulfide) groups is 1. The molecule has 0 radical (unpaired) electrons. The first-order chi connectivity index (χ1) is 6.86. The van der Waals surface area contributed by atoms with Crippen molar-refractivity contribution in [2.75, 3.05) is 23.9 Å². The third-order valence-corrected chi connectivity index (χ3v) is 2.94. The Morgan fingerprint density at radius 2 is 2.29 bits per heavy atom. The summed E-state index contributed by atoms with van der Waals surface area (Å²) in [5.74, 6) is 1.79. The number of hydrogen-bond donors (Lipinski definition) is 1. The molecule has 0 aromatic heterocycles. The van der Waals surface area contributed by atoms with Crippen molar-refractivity contribution in [3.63, 3.8) is 0 Å². The molecule has 0 aliphatic rings. The molecule has 0 saturated carbocycles. The summed E-state index contributed by atoms with van der Waals surface area (Å²) in [6, 6.07) is 8.26. The van der Waals surface area contributed by atoms with Crippen LogP contribution in [0.2, 0.25) is 0 Å². The molecule has 3 heteroatoms. The van der Waals surface area contributed by atoms with Crippen molar-refractivity contribution >= 4 is 29.1 Å². The van der Waals surface area contributed by atoms with E-state index in [1.807, 2.05) is 23.9 Å². The molecule has 1 N–H and O–H groups in total. The van der Waals surface area contributed by atoms with E-state index in [1.165, 1.54) is 23.4 Å². The number of alkyl halides is 1. The summed E-state index contributed by atoms with van der Waals surface area (Å²) in [5.41, 5.74) is 2.34. The Morgan fingerprint density at radius 1 is 1.43 bits per heavy atom. The van der Waals surface area contributed by atoms with E-state index >= 15 is 0 Å². The van der Waals surface area contributed by atoms with E-state index in [-0.39, 0.29) is 0 Å². The number of nitrogens with one attached hydrogen (secondary N) is 1. The Kier molecular flexibility index (Phi) is 5.88. The van der Waals surface area contributed by atoms with Crippen LogP contribution >= 0.6 is 23.4 Å². The van der Waals surface area contributed by atoms with Gasteiger partial charge in [-0.05, 0) is 36.1 Å². The Hall–Kier alpha value is -0.340. The van der Waals surface area contributed by atoms with Crippen LogP contribution in [0.25, 0.3) is 0 Å². The lowest BCUT2D eigenvalue weighted by Crippen LogP contribution is -2.02. The fourth-order valence-electron chi connectivity index (χ4n) is 1.21. The molecule has 0 bridgehead atoms. The van der Waals surface area contributed by atoms with Crippen LogP contribution in [-0.2, 0) is 5.88 Å². The van der Waals surface area contributed by atoms with Crippen LogP contribution in [0.3, 0.4) is 0 Å². The molecule has 0 saturated heterocycles. The van der Waals surface area contributed by atoms with Crippen molar-refractivity contribution in [2.24, 2.45) is 0 Å². The molecule has 0 spiro atoms. The summed E-state index contributed by atoms with van der Waals surface area (Å²) in [7, 11) is 0. The number of halogens is 1. The van der Waals surface area contributed by atoms with Gasteiger partial charge in [0.25, 0.3) is 0 Å². The van der Waals surface area contributed by atoms with Gasteiger partial charge in [-0.1, -0.05) is 12.1 Å². The minimum absolute atomic E-state index is 0.584.